The van der Waals surface area contributed by atoms with Crippen LogP contribution in [0.5, 0.6) is 0 Å². The van der Waals surface area contributed by atoms with E-state index in [1.807, 2.05) is 0 Å². The van der Waals surface area contributed by atoms with Gasteiger partial charge in [-0.2, -0.15) is 0 Å². The Balaban J connectivity index is 2.31. The zero-order chi connectivity index (χ0) is 13.8. The first-order valence-corrected chi connectivity index (χ1v) is 6.36. The van der Waals surface area contributed by atoms with E-state index in [4.69, 9.17) is 11.6 Å². The van der Waals surface area contributed by atoms with Gasteiger partial charge in [0.2, 0.25) is 0 Å². The van der Waals surface area contributed by atoms with E-state index in [9.17, 15) is 8.78 Å². The van der Waals surface area contributed by atoms with E-state index < -0.39 is 5.82 Å². The van der Waals surface area contributed by atoms with Crippen molar-refractivity contribution in [1.82, 2.24) is 5.32 Å². The van der Waals surface area contributed by atoms with Crippen LogP contribution in [0.25, 0.3) is 0 Å². The molecule has 0 aliphatic rings. The summed E-state index contributed by atoms with van der Waals surface area (Å²) in [4.78, 5) is 0. The zero-order valence-electron chi connectivity index (χ0n) is 10.5. The van der Waals surface area contributed by atoms with Gasteiger partial charge >= 0.3 is 0 Å². The van der Waals surface area contributed by atoms with E-state index in [1.165, 1.54) is 12.1 Å². The third kappa shape index (κ3) is 3.11. The van der Waals surface area contributed by atoms with Gasteiger partial charge in [0.05, 0.1) is 5.02 Å². The maximum Gasteiger partial charge on any atom is 0.146 e. The molecule has 0 aromatic heterocycles. The summed E-state index contributed by atoms with van der Waals surface area (Å²) >= 11 is 5.77. The summed E-state index contributed by atoms with van der Waals surface area (Å²) in [6, 6.07) is 11.0. The minimum absolute atomic E-state index is 0.0753. The lowest BCUT2D eigenvalue weighted by Gasteiger charge is -2.18. The summed E-state index contributed by atoms with van der Waals surface area (Å²) in [5.41, 5.74) is 0.986. The molecule has 0 aliphatic carbocycles. The monoisotopic (exact) mass is 281 g/mol. The van der Waals surface area contributed by atoms with E-state index in [-0.39, 0.29) is 16.9 Å². The van der Waals surface area contributed by atoms with Crippen molar-refractivity contribution in [2.75, 3.05) is 7.05 Å². The smallest absolute Gasteiger partial charge is 0.146 e. The number of hydrogen-bond acceptors (Lipinski definition) is 1. The van der Waals surface area contributed by atoms with E-state index in [1.54, 1.807) is 37.4 Å². The van der Waals surface area contributed by atoms with E-state index in [2.05, 4.69) is 5.32 Å². The number of halogens is 3. The summed E-state index contributed by atoms with van der Waals surface area (Å²) in [5.74, 6) is -0.745. The van der Waals surface area contributed by atoms with Crippen molar-refractivity contribution >= 4 is 11.6 Å². The summed E-state index contributed by atoms with van der Waals surface area (Å²) in [6.07, 6.45) is 0.362. The highest BCUT2D eigenvalue weighted by molar-refractivity contribution is 6.30. The number of hydrogen-bond donors (Lipinski definition) is 1. The highest BCUT2D eigenvalue weighted by Gasteiger charge is 2.17. The van der Waals surface area contributed by atoms with Crippen LogP contribution in [0.2, 0.25) is 5.02 Å². The third-order valence-electron chi connectivity index (χ3n) is 3.09. The molecule has 2 aromatic rings. The van der Waals surface area contributed by atoms with Crippen LogP contribution in [-0.4, -0.2) is 7.05 Å². The van der Waals surface area contributed by atoms with Gasteiger partial charge in [0.1, 0.15) is 11.6 Å². The quantitative estimate of drug-likeness (QED) is 0.889. The molecule has 2 rings (SSSR count). The van der Waals surface area contributed by atoms with Crippen LogP contribution in [-0.2, 0) is 6.42 Å². The van der Waals surface area contributed by atoms with Gasteiger partial charge in [-0.1, -0.05) is 41.9 Å². The van der Waals surface area contributed by atoms with Crippen molar-refractivity contribution in [2.24, 2.45) is 0 Å². The maximum atomic E-state index is 14.0. The summed E-state index contributed by atoms with van der Waals surface area (Å²) in [5, 5.41) is 3.07. The van der Waals surface area contributed by atoms with Gasteiger partial charge in [-0.25, -0.2) is 8.78 Å². The molecule has 0 saturated heterocycles. The van der Waals surface area contributed by atoms with Crippen LogP contribution >= 0.6 is 11.6 Å². The molecule has 4 heteroatoms. The molecule has 19 heavy (non-hydrogen) atoms. The highest BCUT2D eigenvalue weighted by atomic mass is 35.5. The highest BCUT2D eigenvalue weighted by Crippen LogP contribution is 2.26. The molecule has 0 aliphatic heterocycles. The average Bonchev–Trinajstić information content (AvgIpc) is 2.41. The molecule has 0 radical (unpaired) electrons. The Morgan fingerprint density at radius 1 is 1.11 bits per heavy atom. The maximum absolute atomic E-state index is 14.0. The van der Waals surface area contributed by atoms with Crippen LogP contribution in [0.15, 0.2) is 42.5 Å². The topological polar surface area (TPSA) is 12.0 Å². The summed E-state index contributed by atoms with van der Waals surface area (Å²) < 4.78 is 27.6. The molecule has 0 bridgehead atoms. The Morgan fingerprint density at radius 3 is 2.53 bits per heavy atom. The first kappa shape index (κ1) is 14.0. The normalized spacial score (nSPS) is 12.4. The fraction of sp³-hybridized carbons (Fsp3) is 0.200. The lowest BCUT2D eigenvalue weighted by molar-refractivity contribution is 0.520. The minimum atomic E-state index is -0.458. The molecule has 1 unspecified atom stereocenters. The Bertz CT molecular complexity index is 572. The van der Waals surface area contributed by atoms with E-state index >= 15 is 0 Å². The van der Waals surface area contributed by atoms with Gasteiger partial charge in [0, 0.05) is 11.6 Å². The predicted molar refractivity (Wildman–Crippen MR) is 73.3 cm³/mol. The first-order chi connectivity index (χ1) is 9.13. The lowest BCUT2D eigenvalue weighted by atomic mass is 9.98. The standard InChI is InChI=1S/C15H14ClF2N/c1-19-14(9-10-5-2-3-8-13(10)17)11-6-4-7-12(16)15(11)18/h2-8,14,19H,9H2,1H3. The van der Waals surface area contributed by atoms with Gasteiger partial charge in [-0.15, -0.1) is 0 Å². The second-order valence-electron chi connectivity index (χ2n) is 4.28. The van der Waals surface area contributed by atoms with Gasteiger partial charge < -0.3 is 5.32 Å². The fourth-order valence-corrected chi connectivity index (χ4v) is 2.22. The van der Waals surface area contributed by atoms with Crippen LogP contribution < -0.4 is 5.32 Å². The number of likely N-dealkylation sites (N-methyl/N-ethyl adjacent to an activating group) is 1. The minimum Gasteiger partial charge on any atom is -0.313 e. The molecule has 2 aromatic carbocycles. The van der Waals surface area contributed by atoms with Crippen molar-refractivity contribution in [3.05, 3.63) is 70.2 Å². The largest absolute Gasteiger partial charge is 0.313 e. The van der Waals surface area contributed by atoms with Crippen molar-refractivity contribution in [2.45, 2.75) is 12.5 Å². The van der Waals surface area contributed by atoms with Gasteiger partial charge in [0.25, 0.3) is 0 Å². The van der Waals surface area contributed by atoms with Crippen molar-refractivity contribution in [3.63, 3.8) is 0 Å². The van der Waals surface area contributed by atoms with Crippen molar-refractivity contribution in [1.29, 1.82) is 0 Å². The Labute approximate surface area is 116 Å². The molecule has 0 spiro atoms. The van der Waals surface area contributed by atoms with Crippen molar-refractivity contribution in [3.8, 4) is 0 Å². The molecule has 1 nitrogen and oxygen atoms in total. The van der Waals surface area contributed by atoms with Crippen LogP contribution in [0, 0.1) is 11.6 Å². The molecule has 0 heterocycles. The molecular formula is C15H14ClF2N. The molecule has 0 fully saturated rings. The Kier molecular flexibility index (Phi) is 4.51. The molecule has 1 atom stereocenters. The second kappa shape index (κ2) is 6.13. The second-order valence-corrected chi connectivity index (χ2v) is 4.69. The van der Waals surface area contributed by atoms with Gasteiger partial charge in [-0.3, -0.25) is 0 Å². The van der Waals surface area contributed by atoms with Crippen molar-refractivity contribution < 1.29 is 8.78 Å². The fourth-order valence-electron chi connectivity index (χ4n) is 2.04. The molecule has 1 N–H and O–H groups in total. The van der Waals surface area contributed by atoms with Gasteiger partial charge in [-0.05, 0) is 31.2 Å². The number of nitrogens with one attached hydrogen (secondary N) is 1. The predicted octanol–water partition coefficient (Wildman–Crippen LogP) is 4.12. The molecule has 0 amide bonds. The van der Waals surface area contributed by atoms with Crippen LogP contribution in [0.1, 0.15) is 17.2 Å². The summed E-state index contributed by atoms with van der Waals surface area (Å²) in [6.45, 7) is 0. The molecular weight excluding hydrogens is 268 g/mol. The zero-order valence-corrected chi connectivity index (χ0v) is 11.2. The lowest BCUT2D eigenvalue weighted by Crippen LogP contribution is -2.20. The van der Waals surface area contributed by atoms with E-state index in [0.717, 1.165) is 0 Å². The van der Waals surface area contributed by atoms with E-state index in [0.29, 0.717) is 17.5 Å². The SMILES string of the molecule is CNC(Cc1ccccc1F)c1cccc(Cl)c1F. The Morgan fingerprint density at radius 2 is 1.84 bits per heavy atom. The number of rotatable bonds is 4. The average molecular weight is 282 g/mol. The van der Waals surface area contributed by atoms with Gasteiger partial charge in [0.15, 0.2) is 0 Å². The number of benzene rings is 2. The Hall–Kier alpha value is -1.45. The molecule has 0 saturated carbocycles. The molecule has 100 valence electrons. The van der Waals surface area contributed by atoms with Crippen LogP contribution in [0.4, 0.5) is 8.78 Å². The first-order valence-electron chi connectivity index (χ1n) is 5.98. The summed E-state index contributed by atoms with van der Waals surface area (Å²) in [7, 11) is 1.71. The third-order valence-corrected chi connectivity index (χ3v) is 3.38. The van der Waals surface area contributed by atoms with Crippen LogP contribution in [0.3, 0.4) is 0 Å².